The molecule has 112 valence electrons. The number of nitrogens with zero attached hydrogens (tertiary/aromatic N) is 2. The molecule has 0 bridgehead atoms. The molecule has 2 heterocycles. The molecule has 0 aliphatic rings. The first-order chi connectivity index (χ1) is 9.94. The summed E-state index contributed by atoms with van der Waals surface area (Å²) in [6, 6.07) is 4.88. The first-order valence-electron chi connectivity index (χ1n) is 6.23. The fourth-order valence-corrected chi connectivity index (χ4v) is 2.48. The summed E-state index contributed by atoms with van der Waals surface area (Å²) in [5.41, 5.74) is 5.14. The molecule has 0 saturated heterocycles. The van der Waals surface area contributed by atoms with Crippen LogP contribution in [0.25, 0.3) is 0 Å². The van der Waals surface area contributed by atoms with Crippen molar-refractivity contribution in [2.75, 3.05) is 18.5 Å². The van der Waals surface area contributed by atoms with E-state index in [1.54, 1.807) is 11.9 Å². The number of hydrogen-bond donors (Lipinski definition) is 2. The van der Waals surface area contributed by atoms with E-state index in [1.165, 1.54) is 6.07 Å². The third-order valence-corrected chi connectivity index (χ3v) is 3.54. The highest BCUT2D eigenvalue weighted by Crippen LogP contribution is 2.14. The number of nitrogens with one attached hydrogen (secondary N) is 1. The summed E-state index contributed by atoms with van der Waals surface area (Å²) < 4.78 is 5.42. The van der Waals surface area contributed by atoms with Gasteiger partial charge in [0.15, 0.2) is 5.16 Å². The van der Waals surface area contributed by atoms with Gasteiger partial charge in [0.05, 0.1) is 12.3 Å². The maximum atomic E-state index is 12.0. The number of anilines is 1. The average Bonchev–Trinajstić information content (AvgIpc) is 2.80. The highest BCUT2D eigenvalue weighted by Gasteiger charge is 2.12. The van der Waals surface area contributed by atoms with Gasteiger partial charge < -0.3 is 20.0 Å². The third kappa shape index (κ3) is 4.38. The zero-order chi connectivity index (χ0) is 15.4. The average molecular weight is 308 g/mol. The predicted molar refractivity (Wildman–Crippen MR) is 79.9 cm³/mol. The minimum Gasteiger partial charge on any atom is -0.464 e. The van der Waals surface area contributed by atoms with Crippen LogP contribution >= 0.6 is 11.8 Å². The van der Waals surface area contributed by atoms with Crippen LogP contribution in [0.2, 0.25) is 0 Å². The number of nitrogen functional groups attached to an aromatic ring is 1. The van der Waals surface area contributed by atoms with E-state index in [9.17, 15) is 9.59 Å². The number of aromatic amines is 1. The van der Waals surface area contributed by atoms with Gasteiger partial charge in [-0.15, -0.1) is 0 Å². The van der Waals surface area contributed by atoms with Crippen LogP contribution in [0.3, 0.4) is 0 Å². The Kier molecular flexibility index (Phi) is 4.69. The number of furan rings is 1. The summed E-state index contributed by atoms with van der Waals surface area (Å²) in [6.07, 6.45) is 0. The molecule has 0 spiro atoms. The molecule has 3 N–H and O–H groups in total. The second-order valence-electron chi connectivity index (χ2n) is 4.53. The van der Waals surface area contributed by atoms with E-state index < -0.39 is 0 Å². The molecule has 1 amide bonds. The van der Waals surface area contributed by atoms with E-state index >= 15 is 0 Å². The molecule has 0 aliphatic carbocycles. The molecule has 0 radical (unpaired) electrons. The van der Waals surface area contributed by atoms with Crippen LogP contribution in [0.15, 0.2) is 32.6 Å². The lowest BCUT2D eigenvalue weighted by Crippen LogP contribution is -2.27. The SMILES string of the molecule is Cc1ccc(CN(C)C(=O)CSc2nc(N)cc(=O)[nH]2)o1. The molecular formula is C13H16N4O3S. The Balaban J connectivity index is 1.90. The van der Waals surface area contributed by atoms with Crippen LogP contribution in [0.4, 0.5) is 5.82 Å². The molecule has 8 heteroatoms. The predicted octanol–water partition coefficient (Wildman–Crippen LogP) is 1.00. The lowest BCUT2D eigenvalue weighted by atomic mass is 10.4. The molecule has 0 unspecified atom stereocenters. The zero-order valence-corrected chi connectivity index (χ0v) is 12.6. The van der Waals surface area contributed by atoms with Crippen LogP contribution in [0.1, 0.15) is 11.5 Å². The van der Waals surface area contributed by atoms with Gasteiger partial charge in [0, 0.05) is 13.1 Å². The molecule has 0 aliphatic heterocycles. The zero-order valence-electron chi connectivity index (χ0n) is 11.8. The van der Waals surface area contributed by atoms with Crippen molar-refractivity contribution in [3.8, 4) is 0 Å². The van der Waals surface area contributed by atoms with Gasteiger partial charge in [-0.05, 0) is 19.1 Å². The van der Waals surface area contributed by atoms with Crippen molar-refractivity contribution in [1.82, 2.24) is 14.9 Å². The maximum Gasteiger partial charge on any atom is 0.253 e. The topological polar surface area (TPSA) is 105 Å². The largest absolute Gasteiger partial charge is 0.464 e. The molecule has 2 rings (SSSR count). The molecule has 0 saturated carbocycles. The summed E-state index contributed by atoms with van der Waals surface area (Å²) in [6.45, 7) is 2.25. The highest BCUT2D eigenvalue weighted by atomic mass is 32.2. The minimum atomic E-state index is -0.336. The van der Waals surface area contributed by atoms with Crippen LogP contribution < -0.4 is 11.3 Å². The molecule has 0 atom stereocenters. The summed E-state index contributed by atoms with van der Waals surface area (Å²) in [4.78, 5) is 31.3. The van der Waals surface area contributed by atoms with Gasteiger partial charge in [0.25, 0.3) is 5.56 Å². The van der Waals surface area contributed by atoms with Crippen LogP contribution in [0.5, 0.6) is 0 Å². The van der Waals surface area contributed by atoms with Gasteiger partial charge in [-0.25, -0.2) is 4.98 Å². The highest BCUT2D eigenvalue weighted by molar-refractivity contribution is 7.99. The van der Waals surface area contributed by atoms with Crippen molar-refractivity contribution in [1.29, 1.82) is 0 Å². The second-order valence-corrected chi connectivity index (χ2v) is 5.49. The number of carbonyl (C=O) groups is 1. The van der Waals surface area contributed by atoms with Crippen molar-refractivity contribution in [2.45, 2.75) is 18.6 Å². The molecule has 0 fully saturated rings. The van der Waals surface area contributed by atoms with Gasteiger partial charge in [-0.3, -0.25) is 9.59 Å². The molecule has 2 aromatic rings. The Morgan fingerprint density at radius 3 is 2.90 bits per heavy atom. The molecule has 2 aromatic heterocycles. The third-order valence-electron chi connectivity index (χ3n) is 2.69. The first-order valence-corrected chi connectivity index (χ1v) is 7.21. The lowest BCUT2D eigenvalue weighted by molar-refractivity contribution is -0.127. The van der Waals surface area contributed by atoms with Crippen LogP contribution in [-0.4, -0.2) is 33.6 Å². The number of aryl methyl sites for hydroxylation is 1. The Labute approximate surface area is 125 Å². The summed E-state index contributed by atoms with van der Waals surface area (Å²) in [7, 11) is 1.69. The lowest BCUT2D eigenvalue weighted by Gasteiger charge is -2.15. The minimum absolute atomic E-state index is 0.0980. The van der Waals surface area contributed by atoms with Crippen molar-refractivity contribution in [3.63, 3.8) is 0 Å². The molecule has 7 nitrogen and oxygen atoms in total. The molecule has 0 aromatic carbocycles. The van der Waals surface area contributed by atoms with Gasteiger partial charge in [0.2, 0.25) is 5.91 Å². The van der Waals surface area contributed by atoms with E-state index in [0.29, 0.717) is 11.7 Å². The quantitative estimate of drug-likeness (QED) is 0.630. The fraction of sp³-hybridized carbons (Fsp3) is 0.308. The summed E-state index contributed by atoms with van der Waals surface area (Å²) >= 11 is 1.13. The van der Waals surface area contributed by atoms with E-state index in [1.807, 2.05) is 19.1 Å². The summed E-state index contributed by atoms with van der Waals surface area (Å²) in [5, 5.41) is 0.329. The number of H-pyrrole nitrogens is 1. The number of rotatable bonds is 5. The Hall–Kier alpha value is -2.22. The number of carbonyl (C=O) groups excluding carboxylic acids is 1. The number of thioether (sulfide) groups is 1. The van der Waals surface area contributed by atoms with Gasteiger partial charge in [0.1, 0.15) is 17.3 Å². The van der Waals surface area contributed by atoms with Crippen LogP contribution in [0, 0.1) is 6.92 Å². The van der Waals surface area contributed by atoms with E-state index in [0.717, 1.165) is 23.3 Å². The monoisotopic (exact) mass is 308 g/mol. The van der Waals surface area contributed by atoms with E-state index in [-0.39, 0.29) is 23.0 Å². The number of aromatic nitrogens is 2. The van der Waals surface area contributed by atoms with E-state index in [4.69, 9.17) is 10.2 Å². The number of hydrogen-bond acceptors (Lipinski definition) is 6. The number of amides is 1. The fourth-order valence-electron chi connectivity index (χ4n) is 1.65. The van der Waals surface area contributed by atoms with Crippen molar-refractivity contribution >= 4 is 23.5 Å². The van der Waals surface area contributed by atoms with Gasteiger partial charge >= 0.3 is 0 Å². The number of nitrogens with two attached hydrogens (primary N) is 1. The van der Waals surface area contributed by atoms with Crippen molar-refractivity contribution in [3.05, 3.63) is 40.1 Å². The Morgan fingerprint density at radius 1 is 1.52 bits per heavy atom. The van der Waals surface area contributed by atoms with Gasteiger partial charge in [-0.2, -0.15) is 0 Å². The Morgan fingerprint density at radius 2 is 2.29 bits per heavy atom. The first kappa shape index (κ1) is 15.2. The molecule has 21 heavy (non-hydrogen) atoms. The summed E-state index contributed by atoms with van der Waals surface area (Å²) in [5.74, 6) is 1.72. The molecular weight excluding hydrogens is 292 g/mol. The van der Waals surface area contributed by atoms with Crippen molar-refractivity contribution in [2.24, 2.45) is 0 Å². The Bertz CT molecular complexity index is 695. The van der Waals surface area contributed by atoms with Crippen molar-refractivity contribution < 1.29 is 9.21 Å². The second kappa shape index (κ2) is 6.49. The normalized spacial score (nSPS) is 10.6. The maximum absolute atomic E-state index is 12.0. The standard InChI is InChI=1S/C13H16N4O3S/c1-8-3-4-9(20-8)6-17(2)12(19)7-21-13-15-10(14)5-11(18)16-13/h3-5H,6-7H2,1-2H3,(H3,14,15,16,18). The van der Waals surface area contributed by atoms with Gasteiger partial charge in [-0.1, -0.05) is 11.8 Å². The van der Waals surface area contributed by atoms with Crippen LogP contribution in [-0.2, 0) is 11.3 Å². The van der Waals surface area contributed by atoms with E-state index in [2.05, 4.69) is 9.97 Å². The smallest absolute Gasteiger partial charge is 0.253 e.